The molecule has 0 aromatic carbocycles. The zero-order valence-corrected chi connectivity index (χ0v) is 20.1. The number of hydrogen-bond donors (Lipinski definition) is 2. The van der Waals surface area contributed by atoms with Gasteiger partial charge in [-0.25, -0.2) is 4.79 Å². The number of likely N-dealkylation sites (tertiary alicyclic amines) is 1. The van der Waals surface area contributed by atoms with Crippen LogP contribution in [0.25, 0.3) is 0 Å². The van der Waals surface area contributed by atoms with Gasteiger partial charge in [0.05, 0.1) is 12.1 Å². The molecule has 3 amide bonds. The molecule has 2 unspecified atom stereocenters. The second kappa shape index (κ2) is 9.80. The number of rotatable bonds is 5. The molecule has 0 aromatic rings. The van der Waals surface area contributed by atoms with Crippen molar-refractivity contribution in [3.63, 3.8) is 0 Å². The van der Waals surface area contributed by atoms with Crippen LogP contribution in [0.2, 0.25) is 0 Å². The fourth-order valence-electron chi connectivity index (χ4n) is 6.98. The summed E-state index contributed by atoms with van der Waals surface area (Å²) in [5.74, 6) is 0.656. The van der Waals surface area contributed by atoms with E-state index in [0.717, 1.165) is 37.0 Å². The van der Waals surface area contributed by atoms with Crippen LogP contribution in [-0.2, 0) is 9.59 Å². The standard InChI is InChI=1S/C25H41N3O5/c1-19(15-20-7-3-2-4-8-20)22(30)28-12-11-25(33,24(17-28)9-5-6-10-24)18-27-14-13-26(23(31)32)16-21(27)29/h19-20,33H,2-18H2,1H3,(H,31,32). The Balaban J connectivity index is 1.41. The van der Waals surface area contributed by atoms with Crippen molar-refractivity contribution in [3.8, 4) is 0 Å². The molecule has 2 heterocycles. The van der Waals surface area contributed by atoms with Crippen LogP contribution in [0.15, 0.2) is 0 Å². The summed E-state index contributed by atoms with van der Waals surface area (Å²) in [6, 6.07) is 0. The second-order valence-corrected chi connectivity index (χ2v) is 11.2. The van der Waals surface area contributed by atoms with E-state index in [-0.39, 0.29) is 42.8 Å². The Morgan fingerprint density at radius 3 is 2.33 bits per heavy atom. The van der Waals surface area contributed by atoms with Crippen LogP contribution in [0.3, 0.4) is 0 Å². The summed E-state index contributed by atoms with van der Waals surface area (Å²) in [4.78, 5) is 42.0. The highest BCUT2D eigenvalue weighted by molar-refractivity contribution is 5.83. The summed E-state index contributed by atoms with van der Waals surface area (Å²) in [7, 11) is 0. The van der Waals surface area contributed by atoms with Crippen LogP contribution in [0, 0.1) is 17.3 Å². The summed E-state index contributed by atoms with van der Waals surface area (Å²) in [6.45, 7) is 3.83. The van der Waals surface area contributed by atoms with Gasteiger partial charge >= 0.3 is 6.09 Å². The predicted octanol–water partition coefficient (Wildman–Crippen LogP) is 2.94. The quantitative estimate of drug-likeness (QED) is 0.653. The minimum absolute atomic E-state index is 0.0171. The van der Waals surface area contributed by atoms with Gasteiger partial charge in [0.1, 0.15) is 6.54 Å². The van der Waals surface area contributed by atoms with Gasteiger partial charge in [-0.2, -0.15) is 0 Å². The van der Waals surface area contributed by atoms with Gasteiger partial charge in [-0.1, -0.05) is 51.9 Å². The van der Waals surface area contributed by atoms with Gasteiger partial charge in [0.25, 0.3) is 0 Å². The molecule has 1 spiro atoms. The maximum Gasteiger partial charge on any atom is 0.407 e. The molecule has 186 valence electrons. The number of amides is 3. The lowest BCUT2D eigenvalue weighted by molar-refractivity contribution is -0.171. The Hall–Kier alpha value is -1.83. The van der Waals surface area contributed by atoms with E-state index in [9.17, 15) is 24.6 Å². The molecule has 0 aromatic heterocycles. The molecule has 0 bridgehead atoms. The van der Waals surface area contributed by atoms with Gasteiger partial charge in [-0.05, 0) is 31.6 Å². The lowest BCUT2D eigenvalue weighted by Gasteiger charge is -2.54. The van der Waals surface area contributed by atoms with Crippen molar-refractivity contribution in [3.05, 3.63) is 0 Å². The maximum atomic E-state index is 13.4. The third-order valence-corrected chi connectivity index (χ3v) is 9.02. The van der Waals surface area contributed by atoms with Gasteiger partial charge in [0.2, 0.25) is 11.8 Å². The lowest BCUT2D eigenvalue weighted by Crippen LogP contribution is -2.66. The van der Waals surface area contributed by atoms with Crippen molar-refractivity contribution >= 4 is 17.9 Å². The SMILES string of the molecule is CC(CC1CCCCC1)C(=O)N1CCC(O)(CN2CCN(C(=O)O)CC2=O)C2(CCCC2)C1. The van der Waals surface area contributed by atoms with E-state index >= 15 is 0 Å². The Morgan fingerprint density at radius 1 is 1.00 bits per heavy atom. The molecule has 2 saturated heterocycles. The molecule has 33 heavy (non-hydrogen) atoms. The molecule has 8 heteroatoms. The molecule has 2 atom stereocenters. The molecule has 4 fully saturated rings. The number of carboxylic acid groups (broad SMARTS) is 1. The number of β-amino-alcohol motifs (C(OH)–C–C–N with tert-alkyl or cyclic N) is 1. The zero-order chi connectivity index (χ0) is 23.6. The molecule has 2 aliphatic carbocycles. The van der Waals surface area contributed by atoms with Crippen molar-refractivity contribution in [2.24, 2.45) is 17.3 Å². The summed E-state index contributed by atoms with van der Waals surface area (Å²) in [5, 5.41) is 21.1. The molecule has 2 N–H and O–H groups in total. The number of nitrogens with zero attached hydrogens (tertiary/aromatic N) is 3. The van der Waals surface area contributed by atoms with Crippen molar-refractivity contribution < 1.29 is 24.6 Å². The first kappa shape index (κ1) is 24.3. The zero-order valence-electron chi connectivity index (χ0n) is 20.1. The average Bonchev–Trinajstić information content (AvgIpc) is 3.27. The van der Waals surface area contributed by atoms with E-state index in [1.807, 2.05) is 4.90 Å². The molecular weight excluding hydrogens is 422 g/mol. The third-order valence-electron chi connectivity index (χ3n) is 9.02. The van der Waals surface area contributed by atoms with Crippen molar-refractivity contribution in [1.82, 2.24) is 14.7 Å². The smallest absolute Gasteiger partial charge is 0.407 e. The Bertz CT molecular complexity index is 746. The Labute approximate surface area is 197 Å². The third kappa shape index (κ3) is 5.00. The first-order chi connectivity index (χ1) is 15.7. The van der Waals surface area contributed by atoms with Gasteiger partial charge in [0, 0.05) is 37.5 Å². The summed E-state index contributed by atoms with van der Waals surface area (Å²) in [6.07, 6.45) is 10.5. The fourth-order valence-corrected chi connectivity index (χ4v) is 6.98. The average molecular weight is 464 g/mol. The van der Waals surface area contributed by atoms with Crippen LogP contribution < -0.4 is 0 Å². The molecule has 2 saturated carbocycles. The second-order valence-electron chi connectivity index (χ2n) is 11.2. The van der Waals surface area contributed by atoms with E-state index in [0.29, 0.717) is 32.0 Å². The van der Waals surface area contributed by atoms with Crippen LogP contribution in [0.5, 0.6) is 0 Å². The molecule has 2 aliphatic heterocycles. The summed E-state index contributed by atoms with van der Waals surface area (Å²) >= 11 is 0. The Kier molecular flexibility index (Phi) is 7.22. The van der Waals surface area contributed by atoms with E-state index in [1.54, 1.807) is 4.90 Å². The highest BCUT2D eigenvalue weighted by atomic mass is 16.4. The van der Waals surface area contributed by atoms with Gasteiger partial charge in [-0.15, -0.1) is 0 Å². The number of carbonyl (C=O) groups is 3. The highest BCUT2D eigenvalue weighted by Crippen LogP contribution is 2.51. The topological polar surface area (TPSA) is 101 Å². The maximum absolute atomic E-state index is 13.4. The molecular formula is C25H41N3O5. The monoisotopic (exact) mass is 463 g/mol. The fraction of sp³-hybridized carbons (Fsp3) is 0.880. The van der Waals surface area contributed by atoms with Crippen LogP contribution in [0.4, 0.5) is 4.79 Å². The minimum atomic E-state index is -1.08. The van der Waals surface area contributed by atoms with Gasteiger partial charge in [-0.3, -0.25) is 14.5 Å². The van der Waals surface area contributed by atoms with Crippen LogP contribution in [-0.4, -0.2) is 87.7 Å². The van der Waals surface area contributed by atoms with Gasteiger partial charge in [0.15, 0.2) is 0 Å². The first-order valence-corrected chi connectivity index (χ1v) is 13.0. The minimum Gasteiger partial charge on any atom is -0.465 e. The van der Waals surface area contributed by atoms with E-state index in [4.69, 9.17) is 0 Å². The molecule has 4 rings (SSSR count). The summed E-state index contributed by atoms with van der Waals surface area (Å²) < 4.78 is 0. The van der Waals surface area contributed by atoms with Crippen molar-refractivity contribution in [1.29, 1.82) is 0 Å². The number of piperazine rings is 1. The summed E-state index contributed by atoms with van der Waals surface area (Å²) in [5.41, 5.74) is -1.41. The lowest BCUT2D eigenvalue weighted by atomic mass is 9.65. The highest BCUT2D eigenvalue weighted by Gasteiger charge is 2.56. The predicted molar refractivity (Wildman–Crippen MR) is 124 cm³/mol. The van der Waals surface area contributed by atoms with Crippen LogP contribution >= 0.6 is 0 Å². The molecule has 8 nitrogen and oxygen atoms in total. The van der Waals surface area contributed by atoms with E-state index in [1.165, 1.54) is 32.1 Å². The normalized spacial score (nSPS) is 29.5. The largest absolute Gasteiger partial charge is 0.465 e. The Morgan fingerprint density at radius 2 is 1.70 bits per heavy atom. The van der Waals surface area contributed by atoms with Crippen molar-refractivity contribution in [2.75, 3.05) is 39.3 Å². The van der Waals surface area contributed by atoms with Crippen LogP contribution in [0.1, 0.15) is 77.6 Å². The van der Waals surface area contributed by atoms with Crippen molar-refractivity contribution in [2.45, 2.75) is 83.2 Å². The molecule has 0 radical (unpaired) electrons. The number of hydrogen-bond acceptors (Lipinski definition) is 4. The number of piperidine rings is 1. The van der Waals surface area contributed by atoms with E-state index < -0.39 is 11.7 Å². The first-order valence-electron chi connectivity index (χ1n) is 13.0. The number of carbonyl (C=O) groups excluding carboxylic acids is 2. The molecule has 4 aliphatic rings. The number of aliphatic hydroxyl groups is 1. The van der Waals surface area contributed by atoms with E-state index in [2.05, 4.69) is 6.92 Å². The van der Waals surface area contributed by atoms with Gasteiger partial charge < -0.3 is 20.0 Å².